The zero-order chi connectivity index (χ0) is 12.5. The standard InChI is InChI=1S/C13H14N2OS2/c1-8(2)14-6-9-13(16-7-15-9)12-5-11-10(18-12)3-4-17-11/h3-5,7-8,14H,6H2,1-2H3. The minimum atomic E-state index is 0.446. The van der Waals surface area contributed by atoms with Crippen LogP contribution in [0, 0.1) is 0 Å². The summed E-state index contributed by atoms with van der Waals surface area (Å²) in [6, 6.07) is 4.78. The molecule has 0 aromatic carbocycles. The molecule has 1 N–H and O–H groups in total. The van der Waals surface area contributed by atoms with E-state index in [0.29, 0.717) is 6.04 Å². The Morgan fingerprint density at radius 1 is 1.39 bits per heavy atom. The topological polar surface area (TPSA) is 38.1 Å². The van der Waals surface area contributed by atoms with E-state index in [1.165, 1.54) is 15.8 Å². The van der Waals surface area contributed by atoms with Crippen molar-refractivity contribution in [2.24, 2.45) is 0 Å². The molecule has 3 aromatic rings. The lowest BCUT2D eigenvalue weighted by Gasteiger charge is -2.06. The number of hydrogen-bond acceptors (Lipinski definition) is 5. The molecule has 0 aliphatic carbocycles. The molecule has 0 spiro atoms. The molecule has 0 unspecified atom stereocenters. The first kappa shape index (κ1) is 11.9. The Kier molecular flexibility index (Phi) is 3.20. The lowest BCUT2D eigenvalue weighted by atomic mass is 10.2. The Labute approximate surface area is 113 Å². The minimum Gasteiger partial charge on any atom is -0.442 e. The van der Waals surface area contributed by atoms with Crippen molar-refractivity contribution >= 4 is 32.1 Å². The van der Waals surface area contributed by atoms with Gasteiger partial charge in [0.05, 0.1) is 4.88 Å². The van der Waals surface area contributed by atoms with Crippen molar-refractivity contribution in [1.29, 1.82) is 0 Å². The molecule has 0 atom stereocenters. The second-order valence-electron chi connectivity index (χ2n) is 4.42. The summed E-state index contributed by atoms with van der Waals surface area (Å²) in [5, 5.41) is 5.49. The van der Waals surface area contributed by atoms with E-state index in [-0.39, 0.29) is 0 Å². The van der Waals surface area contributed by atoms with Crippen LogP contribution >= 0.6 is 22.7 Å². The Balaban J connectivity index is 1.92. The van der Waals surface area contributed by atoms with Crippen LogP contribution in [0.25, 0.3) is 20.0 Å². The fourth-order valence-electron chi connectivity index (χ4n) is 1.77. The van der Waals surface area contributed by atoms with Gasteiger partial charge in [-0.05, 0) is 17.5 Å². The van der Waals surface area contributed by atoms with Crippen LogP contribution in [-0.4, -0.2) is 11.0 Å². The van der Waals surface area contributed by atoms with Gasteiger partial charge in [-0.15, -0.1) is 22.7 Å². The van der Waals surface area contributed by atoms with E-state index >= 15 is 0 Å². The Morgan fingerprint density at radius 3 is 3.06 bits per heavy atom. The number of hydrogen-bond donors (Lipinski definition) is 1. The molecule has 5 heteroatoms. The largest absolute Gasteiger partial charge is 0.442 e. The van der Waals surface area contributed by atoms with Gasteiger partial charge in [0.2, 0.25) is 0 Å². The quantitative estimate of drug-likeness (QED) is 0.780. The van der Waals surface area contributed by atoms with Crippen molar-refractivity contribution in [2.75, 3.05) is 0 Å². The molecular formula is C13H14N2OS2. The highest BCUT2D eigenvalue weighted by atomic mass is 32.1. The Morgan fingerprint density at radius 2 is 2.28 bits per heavy atom. The van der Waals surface area contributed by atoms with E-state index in [9.17, 15) is 0 Å². The minimum absolute atomic E-state index is 0.446. The highest BCUT2D eigenvalue weighted by Crippen LogP contribution is 2.37. The van der Waals surface area contributed by atoms with Crippen LogP contribution in [0.5, 0.6) is 0 Å². The zero-order valence-corrected chi connectivity index (χ0v) is 11.9. The normalized spacial score (nSPS) is 11.7. The van der Waals surface area contributed by atoms with E-state index in [2.05, 4.69) is 41.7 Å². The summed E-state index contributed by atoms with van der Waals surface area (Å²) in [6.45, 7) is 5.00. The lowest BCUT2D eigenvalue weighted by Crippen LogP contribution is -2.22. The van der Waals surface area contributed by atoms with Crippen molar-refractivity contribution in [1.82, 2.24) is 10.3 Å². The fraction of sp³-hybridized carbons (Fsp3) is 0.308. The molecule has 0 aliphatic rings. The monoisotopic (exact) mass is 278 g/mol. The highest BCUT2D eigenvalue weighted by molar-refractivity contribution is 7.28. The van der Waals surface area contributed by atoms with Gasteiger partial charge in [0.1, 0.15) is 5.69 Å². The second kappa shape index (κ2) is 4.84. The van der Waals surface area contributed by atoms with Crippen LogP contribution in [0.1, 0.15) is 19.5 Å². The van der Waals surface area contributed by atoms with Crippen molar-refractivity contribution in [3.63, 3.8) is 0 Å². The Bertz CT molecular complexity index is 622. The van der Waals surface area contributed by atoms with E-state index < -0.39 is 0 Å². The molecule has 3 rings (SSSR count). The third kappa shape index (κ3) is 2.21. The summed E-state index contributed by atoms with van der Waals surface area (Å²) in [6.07, 6.45) is 1.53. The predicted molar refractivity (Wildman–Crippen MR) is 77.2 cm³/mol. The number of oxazole rings is 1. The third-order valence-corrected chi connectivity index (χ3v) is 4.77. The van der Waals surface area contributed by atoms with Crippen molar-refractivity contribution < 1.29 is 4.42 Å². The number of fused-ring (bicyclic) bond motifs is 1. The summed E-state index contributed by atoms with van der Waals surface area (Å²) in [7, 11) is 0. The number of nitrogens with zero attached hydrogens (tertiary/aromatic N) is 1. The smallest absolute Gasteiger partial charge is 0.181 e. The first-order chi connectivity index (χ1) is 8.74. The maximum Gasteiger partial charge on any atom is 0.181 e. The molecular weight excluding hydrogens is 264 g/mol. The van der Waals surface area contributed by atoms with Crippen LogP contribution in [-0.2, 0) is 6.54 Å². The molecule has 0 saturated heterocycles. The summed E-state index contributed by atoms with van der Waals surface area (Å²) >= 11 is 3.52. The van der Waals surface area contributed by atoms with Crippen LogP contribution in [0.2, 0.25) is 0 Å². The number of nitrogens with one attached hydrogen (secondary N) is 1. The SMILES string of the molecule is CC(C)NCc1ncoc1-c1cc2sccc2s1. The molecule has 3 aromatic heterocycles. The van der Waals surface area contributed by atoms with E-state index in [4.69, 9.17) is 4.42 Å². The molecule has 0 amide bonds. The predicted octanol–water partition coefficient (Wildman–Crippen LogP) is 4.12. The van der Waals surface area contributed by atoms with Gasteiger partial charge in [0.25, 0.3) is 0 Å². The molecule has 3 nitrogen and oxygen atoms in total. The number of rotatable bonds is 4. The van der Waals surface area contributed by atoms with Gasteiger partial charge in [0.15, 0.2) is 12.2 Å². The van der Waals surface area contributed by atoms with Crippen LogP contribution < -0.4 is 5.32 Å². The van der Waals surface area contributed by atoms with E-state index in [1.54, 1.807) is 22.7 Å². The molecule has 0 fully saturated rings. The first-order valence-corrected chi connectivity index (χ1v) is 7.57. The highest BCUT2D eigenvalue weighted by Gasteiger charge is 2.14. The van der Waals surface area contributed by atoms with Gasteiger partial charge in [-0.25, -0.2) is 4.98 Å². The number of aromatic nitrogens is 1. The van der Waals surface area contributed by atoms with Gasteiger partial charge in [-0.1, -0.05) is 13.8 Å². The average molecular weight is 278 g/mol. The summed E-state index contributed by atoms with van der Waals surface area (Å²) in [5.41, 5.74) is 0.984. The zero-order valence-electron chi connectivity index (χ0n) is 10.3. The molecule has 0 saturated carbocycles. The van der Waals surface area contributed by atoms with Gasteiger partial charge in [-0.3, -0.25) is 0 Å². The summed E-state index contributed by atoms with van der Waals surface area (Å²) in [5.74, 6) is 0.900. The van der Waals surface area contributed by atoms with Gasteiger partial charge in [-0.2, -0.15) is 0 Å². The number of thiophene rings is 2. The van der Waals surface area contributed by atoms with Crippen molar-refractivity contribution in [3.05, 3.63) is 29.6 Å². The van der Waals surface area contributed by atoms with E-state index in [0.717, 1.165) is 22.9 Å². The summed E-state index contributed by atoms with van der Waals surface area (Å²) < 4.78 is 8.17. The molecule has 0 bridgehead atoms. The van der Waals surface area contributed by atoms with Crippen molar-refractivity contribution in [2.45, 2.75) is 26.4 Å². The van der Waals surface area contributed by atoms with E-state index in [1.807, 2.05) is 0 Å². The average Bonchev–Trinajstić information content (AvgIpc) is 3.00. The summed E-state index contributed by atoms with van der Waals surface area (Å²) in [4.78, 5) is 5.46. The first-order valence-electron chi connectivity index (χ1n) is 5.87. The molecule has 18 heavy (non-hydrogen) atoms. The second-order valence-corrected chi connectivity index (χ2v) is 6.46. The van der Waals surface area contributed by atoms with Crippen molar-refractivity contribution in [3.8, 4) is 10.6 Å². The van der Waals surface area contributed by atoms with Crippen LogP contribution in [0.4, 0.5) is 0 Å². The van der Waals surface area contributed by atoms with Gasteiger partial charge in [0, 0.05) is 22.0 Å². The third-order valence-electron chi connectivity index (χ3n) is 2.68. The Hall–Kier alpha value is -1.17. The molecule has 0 radical (unpaired) electrons. The van der Waals surface area contributed by atoms with Crippen LogP contribution in [0.3, 0.4) is 0 Å². The molecule has 3 heterocycles. The molecule has 94 valence electrons. The van der Waals surface area contributed by atoms with Gasteiger partial charge < -0.3 is 9.73 Å². The fourth-order valence-corrected chi connectivity index (χ4v) is 3.89. The van der Waals surface area contributed by atoms with Gasteiger partial charge >= 0.3 is 0 Å². The van der Waals surface area contributed by atoms with Crippen LogP contribution in [0.15, 0.2) is 28.3 Å². The lowest BCUT2D eigenvalue weighted by molar-refractivity contribution is 0.564. The maximum absolute atomic E-state index is 5.55. The maximum atomic E-state index is 5.55. The molecule has 0 aliphatic heterocycles.